The van der Waals surface area contributed by atoms with Crippen molar-refractivity contribution >= 4 is 34.8 Å². The van der Waals surface area contributed by atoms with Crippen LogP contribution in [-0.2, 0) is 16.8 Å². The minimum absolute atomic E-state index is 0.0345. The minimum atomic E-state index is -0.386. The van der Waals surface area contributed by atoms with Gasteiger partial charge in [0, 0.05) is 35.2 Å². The Hall–Kier alpha value is -2.12. The summed E-state index contributed by atoms with van der Waals surface area (Å²) in [5.41, 5.74) is 2.16. The molecule has 0 saturated heterocycles. The maximum atomic E-state index is 12.9. The molecule has 3 rings (SSSR count). The normalized spacial score (nSPS) is 17.4. The second kappa shape index (κ2) is 8.09. The number of aromatic nitrogens is 1. The summed E-state index contributed by atoms with van der Waals surface area (Å²) >= 11 is 7.52. The van der Waals surface area contributed by atoms with E-state index < -0.39 is 0 Å². The van der Waals surface area contributed by atoms with Crippen molar-refractivity contribution in [3.05, 3.63) is 45.2 Å². The Labute approximate surface area is 173 Å². The molecule has 1 aromatic heterocycles. The van der Waals surface area contributed by atoms with E-state index in [0.29, 0.717) is 27.4 Å². The molecule has 0 radical (unpaired) electrons. The second-order valence-corrected chi connectivity index (χ2v) is 9.17. The molecule has 150 valence electrons. The lowest BCUT2D eigenvalue weighted by Crippen LogP contribution is -2.18. The van der Waals surface area contributed by atoms with Gasteiger partial charge < -0.3 is 9.57 Å². The summed E-state index contributed by atoms with van der Waals surface area (Å²) in [6.07, 6.45) is 3.43. The summed E-state index contributed by atoms with van der Waals surface area (Å²) in [5.74, 6) is 0.0615. The molecule has 1 aliphatic heterocycles. The van der Waals surface area contributed by atoms with Gasteiger partial charge in [0.2, 0.25) is 0 Å². The number of nitrogens with zero attached hydrogens (tertiary/aromatic N) is 3. The van der Waals surface area contributed by atoms with Crippen LogP contribution in [0.2, 0.25) is 5.02 Å². The van der Waals surface area contributed by atoms with Gasteiger partial charge in [-0.25, -0.2) is 0 Å². The molecule has 1 aliphatic rings. The maximum absolute atomic E-state index is 12.9. The number of benzene rings is 1. The van der Waals surface area contributed by atoms with Crippen molar-refractivity contribution in [3.8, 4) is 5.75 Å². The van der Waals surface area contributed by atoms with Gasteiger partial charge in [0.05, 0.1) is 18.4 Å². The molecule has 0 fully saturated rings. The SMILES string of the molecule is COc1ccc(Cl)cc1C(=O)N=c1sn(C(C)(C)C)cc1CC1CC(C)=NO1. The van der Waals surface area contributed by atoms with Crippen LogP contribution in [-0.4, -0.2) is 28.8 Å². The first kappa shape index (κ1) is 20.6. The van der Waals surface area contributed by atoms with Crippen molar-refractivity contribution in [2.75, 3.05) is 7.11 Å². The van der Waals surface area contributed by atoms with E-state index in [1.807, 2.05) is 13.1 Å². The molecule has 1 aromatic carbocycles. The summed E-state index contributed by atoms with van der Waals surface area (Å²) in [6.45, 7) is 8.28. The Morgan fingerprint density at radius 2 is 2.21 bits per heavy atom. The molecule has 0 aliphatic carbocycles. The highest BCUT2D eigenvalue weighted by atomic mass is 35.5. The predicted molar refractivity (Wildman–Crippen MR) is 112 cm³/mol. The zero-order chi connectivity index (χ0) is 20.5. The lowest BCUT2D eigenvalue weighted by atomic mass is 10.1. The van der Waals surface area contributed by atoms with E-state index in [0.717, 1.165) is 17.7 Å². The Morgan fingerprint density at radius 3 is 2.82 bits per heavy atom. The van der Waals surface area contributed by atoms with Gasteiger partial charge in [0.1, 0.15) is 16.5 Å². The Kier molecular flexibility index (Phi) is 5.95. The van der Waals surface area contributed by atoms with Crippen molar-refractivity contribution in [1.29, 1.82) is 0 Å². The topological polar surface area (TPSA) is 65.2 Å². The highest BCUT2D eigenvalue weighted by Gasteiger charge is 2.23. The molecule has 28 heavy (non-hydrogen) atoms. The van der Waals surface area contributed by atoms with Gasteiger partial charge in [-0.05, 0) is 57.4 Å². The fourth-order valence-electron chi connectivity index (χ4n) is 2.86. The first-order chi connectivity index (χ1) is 13.2. The van der Waals surface area contributed by atoms with E-state index in [9.17, 15) is 4.79 Å². The minimum Gasteiger partial charge on any atom is -0.496 e. The smallest absolute Gasteiger partial charge is 0.282 e. The van der Waals surface area contributed by atoms with Gasteiger partial charge in [-0.15, -0.1) is 0 Å². The van der Waals surface area contributed by atoms with Crippen LogP contribution in [0, 0.1) is 0 Å². The summed E-state index contributed by atoms with van der Waals surface area (Å²) in [4.78, 5) is 22.8. The van der Waals surface area contributed by atoms with Crippen LogP contribution in [0.4, 0.5) is 0 Å². The summed E-state index contributed by atoms with van der Waals surface area (Å²) in [6, 6.07) is 4.93. The van der Waals surface area contributed by atoms with Crippen molar-refractivity contribution < 1.29 is 14.4 Å². The third-order valence-electron chi connectivity index (χ3n) is 4.32. The average molecular weight is 422 g/mol. The summed E-state index contributed by atoms with van der Waals surface area (Å²) in [5, 5.41) is 4.48. The molecular formula is C20H24ClN3O3S. The number of ether oxygens (including phenoxy) is 1. The van der Waals surface area contributed by atoms with Crippen LogP contribution in [0.1, 0.15) is 50.0 Å². The number of hydrogen-bond donors (Lipinski definition) is 0. The van der Waals surface area contributed by atoms with Gasteiger partial charge in [0.25, 0.3) is 5.91 Å². The van der Waals surface area contributed by atoms with Gasteiger partial charge >= 0.3 is 0 Å². The van der Waals surface area contributed by atoms with Crippen LogP contribution >= 0.6 is 23.1 Å². The van der Waals surface area contributed by atoms with E-state index >= 15 is 0 Å². The molecule has 0 saturated carbocycles. The van der Waals surface area contributed by atoms with Crippen molar-refractivity contribution in [3.63, 3.8) is 0 Å². The number of rotatable bonds is 4. The molecule has 1 atom stereocenters. The number of carbonyl (C=O) groups excluding carboxylic acids is 1. The van der Waals surface area contributed by atoms with Gasteiger partial charge in [-0.1, -0.05) is 16.8 Å². The number of carbonyl (C=O) groups is 1. The molecule has 2 heterocycles. The van der Waals surface area contributed by atoms with Crippen LogP contribution in [0.25, 0.3) is 0 Å². The number of methoxy groups -OCH3 is 1. The zero-order valence-corrected chi connectivity index (χ0v) is 18.2. The first-order valence-corrected chi connectivity index (χ1v) is 10.2. The lowest BCUT2D eigenvalue weighted by Gasteiger charge is -2.19. The first-order valence-electron chi connectivity index (χ1n) is 9.01. The van der Waals surface area contributed by atoms with E-state index in [1.54, 1.807) is 18.2 Å². The highest BCUT2D eigenvalue weighted by molar-refractivity contribution is 7.04. The molecule has 1 unspecified atom stereocenters. The molecule has 1 amide bonds. The third kappa shape index (κ3) is 4.64. The Morgan fingerprint density at radius 1 is 1.46 bits per heavy atom. The fraction of sp³-hybridized carbons (Fsp3) is 0.450. The number of halogens is 1. The zero-order valence-electron chi connectivity index (χ0n) is 16.7. The van der Waals surface area contributed by atoms with E-state index in [-0.39, 0.29) is 17.6 Å². The number of hydrogen-bond acceptors (Lipinski definition) is 5. The van der Waals surface area contributed by atoms with Crippen molar-refractivity contribution in [2.24, 2.45) is 10.1 Å². The van der Waals surface area contributed by atoms with Crippen molar-refractivity contribution in [2.45, 2.75) is 52.2 Å². The van der Waals surface area contributed by atoms with Gasteiger partial charge in [0.15, 0.2) is 0 Å². The van der Waals surface area contributed by atoms with Crippen molar-refractivity contribution in [1.82, 2.24) is 3.96 Å². The lowest BCUT2D eigenvalue weighted by molar-refractivity contribution is 0.0855. The van der Waals surface area contributed by atoms with Crippen LogP contribution in [0.3, 0.4) is 0 Å². The van der Waals surface area contributed by atoms with Gasteiger partial charge in [-0.2, -0.15) is 4.99 Å². The van der Waals surface area contributed by atoms with E-state index in [4.69, 9.17) is 21.2 Å². The molecule has 0 bridgehead atoms. The standard InChI is InChI=1S/C20H24ClN3O3S/c1-12-8-15(27-23-12)9-13-11-24(20(2,3)4)28-19(13)22-18(25)16-10-14(21)6-7-17(16)26-5/h6-7,10-11,15H,8-9H2,1-5H3. The van der Waals surface area contributed by atoms with E-state index in [1.165, 1.54) is 18.6 Å². The summed E-state index contributed by atoms with van der Waals surface area (Å²) < 4.78 is 8.06. The number of oxime groups is 1. The van der Waals surface area contributed by atoms with Crippen LogP contribution < -0.4 is 9.41 Å². The molecule has 0 spiro atoms. The van der Waals surface area contributed by atoms with Gasteiger partial charge in [-0.3, -0.25) is 8.75 Å². The molecule has 8 heteroatoms. The quantitative estimate of drug-likeness (QED) is 0.734. The average Bonchev–Trinajstić information content (AvgIpc) is 3.21. The second-order valence-electron chi connectivity index (χ2n) is 7.77. The highest BCUT2D eigenvalue weighted by Crippen LogP contribution is 2.24. The monoisotopic (exact) mass is 421 g/mol. The van der Waals surface area contributed by atoms with Crippen LogP contribution in [0.5, 0.6) is 5.75 Å². The molecule has 2 aromatic rings. The summed E-state index contributed by atoms with van der Waals surface area (Å²) in [7, 11) is 1.52. The molecule has 6 nitrogen and oxygen atoms in total. The third-order valence-corrected chi connectivity index (χ3v) is 5.93. The largest absolute Gasteiger partial charge is 0.496 e. The maximum Gasteiger partial charge on any atom is 0.282 e. The van der Waals surface area contributed by atoms with Crippen LogP contribution in [0.15, 0.2) is 34.5 Å². The predicted octanol–water partition coefficient (Wildman–Crippen LogP) is 4.42. The molecular weight excluding hydrogens is 398 g/mol. The fourth-order valence-corrected chi connectivity index (χ4v) is 4.05. The van der Waals surface area contributed by atoms with E-state index in [2.05, 4.69) is 34.9 Å². The Bertz CT molecular complexity index is 985. The Balaban J connectivity index is 2.00. The number of amides is 1. The molecule has 0 N–H and O–H groups in total.